The van der Waals surface area contributed by atoms with Crippen LogP contribution in [0.2, 0.25) is 0 Å². The molecule has 0 fully saturated rings. The summed E-state index contributed by atoms with van der Waals surface area (Å²) in [6.45, 7) is 7.12. The smallest absolute Gasteiger partial charge is 0.329 e. The summed E-state index contributed by atoms with van der Waals surface area (Å²) in [7, 11) is 1.51. The van der Waals surface area contributed by atoms with Gasteiger partial charge in [-0.25, -0.2) is 4.79 Å². The van der Waals surface area contributed by atoms with Crippen LogP contribution in [-0.2, 0) is 10.5 Å². The van der Waals surface area contributed by atoms with Gasteiger partial charge in [0.1, 0.15) is 5.75 Å². The van der Waals surface area contributed by atoms with Crippen molar-refractivity contribution in [1.29, 1.82) is 0 Å². The molecular weight excluding hydrogens is 464 g/mol. The Morgan fingerprint density at radius 3 is 2.68 bits per heavy atom. The lowest BCUT2D eigenvalue weighted by molar-refractivity contribution is -0.895. The Morgan fingerprint density at radius 1 is 1.26 bits per heavy atom. The van der Waals surface area contributed by atoms with Crippen LogP contribution in [0.3, 0.4) is 0 Å². The summed E-state index contributed by atoms with van der Waals surface area (Å²) < 4.78 is 5.94. The van der Waals surface area contributed by atoms with Gasteiger partial charge in [-0.05, 0) is 44.2 Å². The summed E-state index contributed by atoms with van der Waals surface area (Å²) in [5, 5.41) is 17.4. The molecule has 4 N–H and O–H groups in total. The van der Waals surface area contributed by atoms with Crippen molar-refractivity contribution >= 4 is 39.2 Å². The number of carbonyl (C=O) groups excluding carboxylic acids is 2. The van der Waals surface area contributed by atoms with Crippen LogP contribution in [0.15, 0.2) is 46.9 Å². The molecule has 2 aromatic rings. The molecule has 1 aliphatic heterocycles. The largest absolute Gasteiger partial charge is 0.497 e. The molecule has 0 aromatic heterocycles. The van der Waals surface area contributed by atoms with Crippen LogP contribution in [0.25, 0.3) is 0 Å². The second-order valence-corrected chi connectivity index (χ2v) is 8.21. The maximum absolute atomic E-state index is 13.4. The van der Waals surface area contributed by atoms with Gasteiger partial charge >= 0.3 is 6.03 Å². The van der Waals surface area contributed by atoms with Crippen molar-refractivity contribution in [3.63, 3.8) is 0 Å². The fourth-order valence-corrected chi connectivity index (χ4v) is 4.07. The van der Waals surface area contributed by atoms with Gasteiger partial charge in [0.25, 0.3) is 11.6 Å². The van der Waals surface area contributed by atoms with Gasteiger partial charge < -0.3 is 25.4 Å². The van der Waals surface area contributed by atoms with Gasteiger partial charge in [-0.1, -0.05) is 22.0 Å². The standard InChI is InChI=1S/C22H27BrN4O4/c1-4-26(5-2)12-11-24-20(28)22(30)18-13-15(23)9-10-19(18)25-21(29)27(22)16-7-6-8-17(14-16)31-3/h6-10,13-14,30H,4-5,11-12H2,1-3H3,(H,24,28)(H,25,29)/p+1. The van der Waals surface area contributed by atoms with Gasteiger partial charge in [-0.3, -0.25) is 9.69 Å². The van der Waals surface area contributed by atoms with Crippen molar-refractivity contribution in [2.75, 3.05) is 43.5 Å². The zero-order valence-corrected chi connectivity index (χ0v) is 19.5. The number of halogens is 1. The Balaban J connectivity index is 2.04. The minimum absolute atomic E-state index is 0.275. The number of methoxy groups -OCH3 is 1. The summed E-state index contributed by atoms with van der Waals surface area (Å²) in [4.78, 5) is 28.8. The molecule has 9 heteroatoms. The van der Waals surface area contributed by atoms with E-state index >= 15 is 0 Å². The van der Waals surface area contributed by atoms with Crippen LogP contribution in [-0.4, -0.2) is 50.3 Å². The molecule has 31 heavy (non-hydrogen) atoms. The molecule has 0 saturated carbocycles. The number of aliphatic hydroxyl groups is 1. The molecule has 1 aliphatic rings. The van der Waals surface area contributed by atoms with E-state index in [4.69, 9.17) is 4.74 Å². The van der Waals surface area contributed by atoms with Gasteiger partial charge in [0.15, 0.2) is 0 Å². The zero-order chi connectivity index (χ0) is 22.6. The molecule has 0 spiro atoms. The molecule has 166 valence electrons. The number of urea groups is 1. The Labute approximate surface area is 190 Å². The Morgan fingerprint density at radius 2 is 2.00 bits per heavy atom. The first-order valence-corrected chi connectivity index (χ1v) is 11.0. The van der Waals surface area contributed by atoms with Gasteiger partial charge in [0, 0.05) is 16.1 Å². The summed E-state index contributed by atoms with van der Waals surface area (Å²) >= 11 is 3.40. The fourth-order valence-electron chi connectivity index (χ4n) is 3.71. The predicted octanol–water partition coefficient (Wildman–Crippen LogP) is 1.70. The lowest BCUT2D eigenvalue weighted by Gasteiger charge is -2.42. The monoisotopic (exact) mass is 491 g/mol. The first-order valence-electron chi connectivity index (χ1n) is 10.2. The third-order valence-electron chi connectivity index (χ3n) is 5.52. The predicted molar refractivity (Wildman–Crippen MR) is 122 cm³/mol. The highest BCUT2D eigenvalue weighted by molar-refractivity contribution is 9.10. The molecule has 1 unspecified atom stereocenters. The van der Waals surface area contributed by atoms with Gasteiger partial charge in [0.05, 0.1) is 44.7 Å². The van der Waals surface area contributed by atoms with Crippen LogP contribution in [0, 0.1) is 0 Å². The quantitative estimate of drug-likeness (QED) is 0.451. The van der Waals surface area contributed by atoms with E-state index in [2.05, 4.69) is 40.4 Å². The highest BCUT2D eigenvalue weighted by Gasteiger charge is 2.52. The van der Waals surface area contributed by atoms with Crippen LogP contribution in [0.1, 0.15) is 19.4 Å². The maximum atomic E-state index is 13.4. The molecule has 3 rings (SSSR count). The number of ether oxygens (including phenoxy) is 1. The van der Waals surface area contributed by atoms with E-state index in [1.807, 2.05) is 0 Å². The first-order chi connectivity index (χ1) is 14.8. The Hall–Kier alpha value is -2.62. The van der Waals surface area contributed by atoms with E-state index in [1.165, 1.54) is 12.0 Å². The number of rotatable bonds is 8. The number of nitrogens with one attached hydrogen (secondary N) is 3. The van der Waals surface area contributed by atoms with E-state index < -0.39 is 17.7 Å². The van der Waals surface area contributed by atoms with E-state index in [0.717, 1.165) is 18.0 Å². The number of quaternary nitrogens is 1. The number of hydrogen-bond acceptors (Lipinski definition) is 4. The van der Waals surface area contributed by atoms with Gasteiger partial charge in [0.2, 0.25) is 0 Å². The molecule has 3 amide bonds. The molecule has 0 bridgehead atoms. The number of hydrogen-bond donors (Lipinski definition) is 4. The van der Waals surface area contributed by atoms with Crippen LogP contribution in [0.5, 0.6) is 5.75 Å². The van der Waals surface area contributed by atoms with Gasteiger partial charge in [-0.2, -0.15) is 0 Å². The lowest BCUT2D eigenvalue weighted by atomic mass is 9.94. The van der Waals surface area contributed by atoms with E-state index in [0.29, 0.717) is 34.7 Å². The van der Waals surface area contributed by atoms with Crippen LogP contribution in [0.4, 0.5) is 16.2 Å². The topological polar surface area (TPSA) is 95.3 Å². The molecule has 0 saturated heterocycles. The average molecular weight is 492 g/mol. The van der Waals surface area contributed by atoms with Crippen molar-refractivity contribution < 1.29 is 24.3 Å². The second kappa shape index (κ2) is 9.67. The maximum Gasteiger partial charge on any atom is 0.329 e. The number of amides is 3. The van der Waals surface area contributed by atoms with Crippen molar-refractivity contribution in [3.05, 3.63) is 52.5 Å². The number of anilines is 2. The van der Waals surface area contributed by atoms with Crippen molar-refractivity contribution in [1.82, 2.24) is 5.32 Å². The summed E-state index contributed by atoms with van der Waals surface area (Å²) in [5.41, 5.74) is -1.27. The second-order valence-electron chi connectivity index (χ2n) is 7.29. The summed E-state index contributed by atoms with van der Waals surface area (Å²) in [6, 6.07) is 11.1. The SMILES string of the molecule is CC[NH+](CC)CCNC(=O)C1(O)c2cc(Br)ccc2NC(=O)N1c1cccc(OC)c1. The van der Waals surface area contributed by atoms with E-state index in [-0.39, 0.29) is 5.56 Å². The average Bonchev–Trinajstić information content (AvgIpc) is 2.77. The van der Waals surface area contributed by atoms with Crippen LogP contribution < -0.4 is 25.2 Å². The number of fused-ring (bicyclic) bond motifs is 1. The third kappa shape index (κ3) is 4.53. The molecule has 0 aliphatic carbocycles. The highest BCUT2D eigenvalue weighted by atomic mass is 79.9. The summed E-state index contributed by atoms with van der Waals surface area (Å²) in [6.07, 6.45) is 0. The van der Waals surface area contributed by atoms with Crippen molar-refractivity contribution in [2.24, 2.45) is 0 Å². The van der Waals surface area contributed by atoms with Crippen molar-refractivity contribution in [3.8, 4) is 5.75 Å². The fraction of sp³-hybridized carbons (Fsp3) is 0.364. The Kier molecular flexibility index (Phi) is 7.19. The molecule has 1 heterocycles. The number of benzene rings is 2. The molecule has 2 aromatic carbocycles. The van der Waals surface area contributed by atoms with Gasteiger partial charge in [-0.15, -0.1) is 0 Å². The zero-order valence-electron chi connectivity index (χ0n) is 17.9. The number of nitrogens with zero attached hydrogens (tertiary/aromatic N) is 1. The molecule has 8 nitrogen and oxygen atoms in total. The molecule has 1 atom stereocenters. The minimum Gasteiger partial charge on any atom is -0.497 e. The Bertz CT molecular complexity index is 966. The third-order valence-corrected chi connectivity index (χ3v) is 6.01. The minimum atomic E-state index is -2.24. The molecule has 0 radical (unpaired) electrons. The van der Waals surface area contributed by atoms with Crippen LogP contribution >= 0.6 is 15.9 Å². The van der Waals surface area contributed by atoms with E-state index in [1.54, 1.807) is 42.5 Å². The van der Waals surface area contributed by atoms with E-state index in [9.17, 15) is 14.7 Å². The lowest BCUT2D eigenvalue weighted by Crippen LogP contribution is -3.12. The number of carbonyl (C=O) groups is 2. The normalized spacial score (nSPS) is 17.9. The summed E-state index contributed by atoms with van der Waals surface area (Å²) in [5.74, 6) is -0.172. The number of likely N-dealkylation sites (N-methyl/N-ethyl adjacent to an activating group) is 1. The van der Waals surface area contributed by atoms with Crippen molar-refractivity contribution in [2.45, 2.75) is 19.6 Å². The molecular formula is C22H28BrN4O4+. The highest BCUT2D eigenvalue weighted by Crippen LogP contribution is 2.41. The first kappa shape index (κ1) is 23.1.